The monoisotopic (exact) mass is 278 g/mol. The van der Waals surface area contributed by atoms with Gasteiger partial charge in [-0.1, -0.05) is 46.0 Å². The molecule has 0 heterocycles. The smallest absolute Gasteiger partial charge is 0.212 e. The van der Waals surface area contributed by atoms with Crippen molar-refractivity contribution in [1.29, 1.82) is 0 Å². The van der Waals surface area contributed by atoms with Crippen LogP contribution < -0.4 is 10.0 Å². The second-order valence-corrected chi connectivity index (χ2v) is 6.66. The van der Waals surface area contributed by atoms with E-state index in [1.165, 1.54) is 25.7 Å². The zero-order valence-electron chi connectivity index (χ0n) is 12.0. The first kappa shape index (κ1) is 17.9. The van der Waals surface area contributed by atoms with Gasteiger partial charge in [0.1, 0.15) is 0 Å². The van der Waals surface area contributed by atoms with Crippen molar-refractivity contribution in [3.8, 4) is 0 Å². The highest BCUT2D eigenvalue weighted by atomic mass is 32.2. The maximum absolute atomic E-state index is 11.6. The molecule has 0 aromatic carbocycles. The number of hydrogen-bond donors (Lipinski definition) is 2. The van der Waals surface area contributed by atoms with E-state index in [-0.39, 0.29) is 5.75 Å². The number of rotatable bonds is 13. The summed E-state index contributed by atoms with van der Waals surface area (Å²) in [5.41, 5.74) is 0. The molecule has 0 saturated carbocycles. The lowest BCUT2D eigenvalue weighted by molar-refractivity contribution is 0.564. The molecule has 0 aliphatic heterocycles. The zero-order chi connectivity index (χ0) is 13.7. The molecule has 0 fully saturated rings. The molecule has 110 valence electrons. The Kier molecular flexibility index (Phi) is 11.8. The Morgan fingerprint density at radius 2 is 1.44 bits per heavy atom. The SMILES string of the molecule is CCCCCCCCNS(=O)(=O)CCNCCC. The summed E-state index contributed by atoms with van der Waals surface area (Å²) in [6.07, 6.45) is 8.12. The maximum atomic E-state index is 11.6. The summed E-state index contributed by atoms with van der Waals surface area (Å²) >= 11 is 0. The second kappa shape index (κ2) is 11.9. The Morgan fingerprint density at radius 1 is 0.778 bits per heavy atom. The molecule has 5 heteroatoms. The van der Waals surface area contributed by atoms with Crippen LogP contribution in [0.2, 0.25) is 0 Å². The molecule has 0 aromatic rings. The van der Waals surface area contributed by atoms with Crippen molar-refractivity contribution in [2.24, 2.45) is 0 Å². The average Bonchev–Trinajstić information content (AvgIpc) is 2.34. The standard InChI is InChI=1S/C13H30N2O2S/c1-3-5-6-7-8-9-11-15-18(16,17)13-12-14-10-4-2/h14-15H,3-13H2,1-2H3. The van der Waals surface area contributed by atoms with Crippen LogP contribution in [0.4, 0.5) is 0 Å². The number of unbranched alkanes of at least 4 members (excludes halogenated alkanes) is 5. The Balaban J connectivity index is 3.41. The van der Waals surface area contributed by atoms with E-state index in [1.807, 2.05) is 0 Å². The third-order valence-electron chi connectivity index (χ3n) is 2.83. The molecule has 2 N–H and O–H groups in total. The normalized spacial score (nSPS) is 11.9. The molecule has 0 radical (unpaired) electrons. The van der Waals surface area contributed by atoms with Crippen LogP contribution in [0.5, 0.6) is 0 Å². The molecule has 0 spiro atoms. The largest absolute Gasteiger partial charge is 0.316 e. The molecular formula is C13H30N2O2S. The lowest BCUT2D eigenvalue weighted by Crippen LogP contribution is -2.32. The van der Waals surface area contributed by atoms with Crippen LogP contribution in [-0.2, 0) is 10.0 Å². The minimum Gasteiger partial charge on any atom is -0.316 e. The summed E-state index contributed by atoms with van der Waals surface area (Å²) in [6.45, 7) is 6.27. The van der Waals surface area contributed by atoms with Gasteiger partial charge in [-0.15, -0.1) is 0 Å². The molecule has 0 aliphatic rings. The van der Waals surface area contributed by atoms with E-state index in [1.54, 1.807) is 0 Å². The highest BCUT2D eigenvalue weighted by molar-refractivity contribution is 7.89. The van der Waals surface area contributed by atoms with Crippen molar-refractivity contribution in [3.05, 3.63) is 0 Å². The molecular weight excluding hydrogens is 248 g/mol. The van der Waals surface area contributed by atoms with E-state index in [9.17, 15) is 8.42 Å². The lowest BCUT2D eigenvalue weighted by atomic mass is 10.1. The molecule has 0 saturated heterocycles. The molecule has 0 rings (SSSR count). The minimum absolute atomic E-state index is 0.183. The Labute approximate surface area is 113 Å². The molecule has 0 amide bonds. The van der Waals surface area contributed by atoms with Crippen LogP contribution in [0.3, 0.4) is 0 Å². The molecule has 0 atom stereocenters. The van der Waals surface area contributed by atoms with Gasteiger partial charge in [-0.2, -0.15) is 0 Å². The van der Waals surface area contributed by atoms with E-state index >= 15 is 0 Å². The molecule has 0 unspecified atom stereocenters. The average molecular weight is 278 g/mol. The predicted octanol–water partition coefficient (Wildman–Crippen LogP) is 2.27. The van der Waals surface area contributed by atoms with Gasteiger partial charge in [0.2, 0.25) is 10.0 Å². The van der Waals surface area contributed by atoms with Crippen molar-refractivity contribution in [3.63, 3.8) is 0 Å². The Bertz CT molecular complexity index is 266. The highest BCUT2D eigenvalue weighted by Crippen LogP contribution is 2.04. The van der Waals surface area contributed by atoms with Crippen LogP contribution in [0.1, 0.15) is 58.8 Å². The van der Waals surface area contributed by atoms with Gasteiger partial charge in [-0.3, -0.25) is 0 Å². The van der Waals surface area contributed by atoms with Gasteiger partial charge in [0, 0.05) is 13.1 Å². The van der Waals surface area contributed by atoms with Gasteiger partial charge in [-0.05, 0) is 19.4 Å². The van der Waals surface area contributed by atoms with Crippen molar-refractivity contribution >= 4 is 10.0 Å². The van der Waals surface area contributed by atoms with Crippen LogP contribution in [0, 0.1) is 0 Å². The van der Waals surface area contributed by atoms with Crippen molar-refractivity contribution in [1.82, 2.24) is 10.0 Å². The summed E-state index contributed by atoms with van der Waals surface area (Å²) in [5, 5.41) is 3.10. The van der Waals surface area contributed by atoms with Crippen LogP contribution >= 0.6 is 0 Å². The Hall–Kier alpha value is -0.130. The van der Waals surface area contributed by atoms with E-state index in [2.05, 4.69) is 23.9 Å². The van der Waals surface area contributed by atoms with E-state index in [0.717, 1.165) is 25.8 Å². The maximum Gasteiger partial charge on any atom is 0.212 e. The summed E-state index contributed by atoms with van der Waals surface area (Å²) in [4.78, 5) is 0. The van der Waals surface area contributed by atoms with Crippen molar-refractivity contribution < 1.29 is 8.42 Å². The first-order valence-electron chi connectivity index (χ1n) is 7.30. The third kappa shape index (κ3) is 12.3. The van der Waals surface area contributed by atoms with Crippen molar-refractivity contribution in [2.45, 2.75) is 58.8 Å². The van der Waals surface area contributed by atoms with Gasteiger partial charge < -0.3 is 5.32 Å². The first-order chi connectivity index (χ1) is 8.62. The quantitative estimate of drug-likeness (QED) is 0.508. The fraction of sp³-hybridized carbons (Fsp3) is 1.00. The summed E-state index contributed by atoms with van der Waals surface area (Å²) in [5.74, 6) is 0.183. The predicted molar refractivity (Wildman–Crippen MR) is 78.3 cm³/mol. The van der Waals surface area contributed by atoms with Crippen LogP contribution in [-0.4, -0.2) is 33.8 Å². The summed E-state index contributed by atoms with van der Waals surface area (Å²) in [6, 6.07) is 0. The molecule has 0 bridgehead atoms. The first-order valence-corrected chi connectivity index (χ1v) is 8.95. The number of sulfonamides is 1. The van der Waals surface area contributed by atoms with Gasteiger partial charge >= 0.3 is 0 Å². The van der Waals surface area contributed by atoms with Crippen molar-refractivity contribution in [2.75, 3.05) is 25.4 Å². The molecule has 0 aliphatic carbocycles. The second-order valence-electron chi connectivity index (χ2n) is 4.73. The van der Waals surface area contributed by atoms with Gasteiger partial charge in [-0.25, -0.2) is 13.1 Å². The number of hydrogen-bond acceptors (Lipinski definition) is 3. The fourth-order valence-corrected chi connectivity index (χ4v) is 2.73. The zero-order valence-corrected chi connectivity index (χ0v) is 12.8. The van der Waals surface area contributed by atoms with E-state index in [4.69, 9.17) is 0 Å². The summed E-state index contributed by atoms with van der Waals surface area (Å²) < 4.78 is 25.8. The Morgan fingerprint density at radius 3 is 2.11 bits per heavy atom. The highest BCUT2D eigenvalue weighted by Gasteiger charge is 2.07. The lowest BCUT2D eigenvalue weighted by Gasteiger charge is -2.07. The van der Waals surface area contributed by atoms with Gasteiger partial charge in [0.25, 0.3) is 0 Å². The topological polar surface area (TPSA) is 58.2 Å². The minimum atomic E-state index is -3.07. The van der Waals surface area contributed by atoms with E-state index < -0.39 is 10.0 Å². The van der Waals surface area contributed by atoms with Gasteiger partial charge in [0.05, 0.1) is 5.75 Å². The van der Waals surface area contributed by atoms with Crippen LogP contribution in [0.25, 0.3) is 0 Å². The van der Waals surface area contributed by atoms with Crippen LogP contribution in [0.15, 0.2) is 0 Å². The molecule has 18 heavy (non-hydrogen) atoms. The van der Waals surface area contributed by atoms with Gasteiger partial charge in [0.15, 0.2) is 0 Å². The molecule has 4 nitrogen and oxygen atoms in total. The number of nitrogens with one attached hydrogen (secondary N) is 2. The third-order valence-corrected chi connectivity index (χ3v) is 4.21. The fourth-order valence-electron chi connectivity index (χ4n) is 1.71. The molecule has 0 aromatic heterocycles. The van der Waals surface area contributed by atoms with E-state index in [0.29, 0.717) is 13.1 Å². The summed E-state index contributed by atoms with van der Waals surface area (Å²) in [7, 11) is -3.07.